The Morgan fingerprint density at radius 2 is 1.87 bits per heavy atom. The van der Waals surface area contributed by atoms with E-state index in [9.17, 15) is 4.79 Å². The number of rotatable bonds is 5. The maximum atomic E-state index is 12.7. The summed E-state index contributed by atoms with van der Waals surface area (Å²) in [6.45, 7) is 2.27. The first kappa shape index (κ1) is 16.0. The van der Waals surface area contributed by atoms with Crippen molar-refractivity contribution in [1.29, 1.82) is 0 Å². The van der Waals surface area contributed by atoms with Crippen LogP contribution in [-0.4, -0.2) is 66.0 Å². The van der Waals surface area contributed by atoms with Gasteiger partial charge in [-0.05, 0) is 6.07 Å². The lowest BCUT2D eigenvalue weighted by Gasteiger charge is -2.25. The molecule has 0 bridgehead atoms. The number of methoxy groups -OCH3 is 2. The first-order valence-corrected chi connectivity index (χ1v) is 8.58. The number of nitrogens with zero attached hydrogens (tertiary/aromatic N) is 3. The van der Waals surface area contributed by atoms with E-state index in [-0.39, 0.29) is 5.78 Å². The summed E-state index contributed by atoms with van der Waals surface area (Å²) >= 11 is 1.92. The largest absolute Gasteiger partial charge is 0.493 e. The fourth-order valence-corrected chi connectivity index (χ4v) is 3.62. The van der Waals surface area contributed by atoms with Gasteiger partial charge in [0, 0.05) is 36.0 Å². The Kier molecular flexibility index (Phi) is 4.97. The SMILES string of the molecule is COc1cc2ncnc(C(=O)CN3CCSCC3)c2cc1OC. The number of benzene rings is 1. The number of carbonyl (C=O) groups is 1. The molecule has 23 heavy (non-hydrogen) atoms. The van der Waals surface area contributed by atoms with Crippen LogP contribution >= 0.6 is 11.8 Å². The molecule has 2 aromatic rings. The van der Waals surface area contributed by atoms with Crippen molar-refractivity contribution in [3.8, 4) is 11.5 Å². The Labute approximate surface area is 139 Å². The van der Waals surface area contributed by atoms with E-state index in [4.69, 9.17) is 9.47 Å². The number of aromatic nitrogens is 2. The molecule has 6 nitrogen and oxygen atoms in total. The number of thioether (sulfide) groups is 1. The minimum Gasteiger partial charge on any atom is -0.493 e. The van der Waals surface area contributed by atoms with Gasteiger partial charge in [0.05, 0.1) is 26.3 Å². The second-order valence-electron chi connectivity index (χ2n) is 5.26. The second kappa shape index (κ2) is 7.14. The predicted octanol–water partition coefficient (Wildman–Crippen LogP) is 1.88. The van der Waals surface area contributed by atoms with E-state index in [1.54, 1.807) is 26.4 Å². The predicted molar refractivity (Wildman–Crippen MR) is 90.7 cm³/mol. The molecule has 1 aliphatic rings. The molecule has 0 N–H and O–H groups in total. The van der Waals surface area contributed by atoms with Crippen LogP contribution in [0.5, 0.6) is 11.5 Å². The molecule has 0 saturated carbocycles. The Morgan fingerprint density at radius 3 is 2.57 bits per heavy atom. The maximum Gasteiger partial charge on any atom is 0.195 e. The van der Waals surface area contributed by atoms with Crippen LogP contribution in [0.15, 0.2) is 18.5 Å². The van der Waals surface area contributed by atoms with Crippen molar-refractivity contribution in [1.82, 2.24) is 14.9 Å². The molecule has 0 amide bonds. The Balaban J connectivity index is 1.94. The lowest BCUT2D eigenvalue weighted by molar-refractivity contribution is 0.0934. The molecular formula is C16H19N3O3S. The molecule has 122 valence electrons. The molecule has 0 aliphatic carbocycles. The molecule has 0 atom stereocenters. The molecule has 1 saturated heterocycles. The van der Waals surface area contributed by atoms with Gasteiger partial charge in [-0.15, -0.1) is 0 Å². The first-order valence-electron chi connectivity index (χ1n) is 7.43. The normalized spacial score (nSPS) is 15.6. The summed E-state index contributed by atoms with van der Waals surface area (Å²) < 4.78 is 10.6. The highest BCUT2D eigenvalue weighted by atomic mass is 32.2. The van der Waals surface area contributed by atoms with Gasteiger partial charge in [-0.1, -0.05) is 0 Å². The average Bonchev–Trinajstić information content (AvgIpc) is 2.60. The number of ketones is 1. The zero-order valence-electron chi connectivity index (χ0n) is 13.2. The summed E-state index contributed by atoms with van der Waals surface area (Å²) in [5, 5.41) is 0.696. The van der Waals surface area contributed by atoms with E-state index in [2.05, 4.69) is 14.9 Å². The van der Waals surface area contributed by atoms with Gasteiger partial charge >= 0.3 is 0 Å². The third-order valence-electron chi connectivity index (χ3n) is 3.88. The van der Waals surface area contributed by atoms with Crippen molar-refractivity contribution in [2.75, 3.05) is 45.4 Å². The quantitative estimate of drug-likeness (QED) is 0.774. The van der Waals surface area contributed by atoms with Gasteiger partial charge in [-0.25, -0.2) is 9.97 Å². The number of hydrogen-bond donors (Lipinski definition) is 0. The summed E-state index contributed by atoms with van der Waals surface area (Å²) in [6, 6.07) is 3.54. The molecule has 7 heteroatoms. The van der Waals surface area contributed by atoms with Crippen LogP contribution in [0.4, 0.5) is 0 Å². The van der Waals surface area contributed by atoms with Gasteiger partial charge in [0.25, 0.3) is 0 Å². The minimum absolute atomic E-state index is 0.0107. The summed E-state index contributed by atoms with van der Waals surface area (Å²) in [5.74, 6) is 3.31. The van der Waals surface area contributed by atoms with Crippen LogP contribution in [0.2, 0.25) is 0 Å². The zero-order chi connectivity index (χ0) is 16.2. The smallest absolute Gasteiger partial charge is 0.195 e. The summed E-state index contributed by atoms with van der Waals surface area (Å²) in [6.07, 6.45) is 1.42. The first-order chi connectivity index (χ1) is 11.2. The summed E-state index contributed by atoms with van der Waals surface area (Å²) in [4.78, 5) is 23.3. The summed E-state index contributed by atoms with van der Waals surface area (Å²) in [5.41, 5.74) is 1.12. The number of carbonyl (C=O) groups excluding carboxylic acids is 1. The molecule has 1 aliphatic heterocycles. The standard InChI is InChI=1S/C16H19N3O3S/c1-21-14-7-11-12(8-15(14)22-2)17-10-18-16(11)13(20)9-19-3-5-23-6-4-19/h7-8,10H,3-6,9H2,1-2H3. The highest BCUT2D eigenvalue weighted by Crippen LogP contribution is 2.32. The molecule has 1 aromatic heterocycles. The number of hydrogen-bond acceptors (Lipinski definition) is 7. The molecule has 0 radical (unpaired) electrons. The van der Waals surface area contributed by atoms with Gasteiger partial charge in [0.1, 0.15) is 12.0 Å². The van der Waals surface area contributed by atoms with Gasteiger partial charge in [0.2, 0.25) is 0 Å². The van der Waals surface area contributed by atoms with E-state index < -0.39 is 0 Å². The number of ether oxygens (including phenoxy) is 2. The molecule has 1 fully saturated rings. The third-order valence-corrected chi connectivity index (χ3v) is 4.82. The van der Waals surface area contributed by atoms with E-state index in [1.807, 2.05) is 11.8 Å². The molecule has 0 spiro atoms. The van der Waals surface area contributed by atoms with Crippen LogP contribution in [-0.2, 0) is 0 Å². The van der Waals surface area contributed by atoms with Gasteiger partial charge in [-0.2, -0.15) is 11.8 Å². The van der Waals surface area contributed by atoms with Crippen LogP contribution < -0.4 is 9.47 Å². The zero-order valence-corrected chi connectivity index (χ0v) is 14.1. The topological polar surface area (TPSA) is 64.6 Å². The Hall–Kier alpha value is -1.86. The van der Waals surface area contributed by atoms with Crippen molar-refractivity contribution in [2.45, 2.75) is 0 Å². The van der Waals surface area contributed by atoms with Crippen molar-refractivity contribution in [3.05, 3.63) is 24.2 Å². The molecule has 1 aromatic carbocycles. The van der Waals surface area contributed by atoms with Crippen LogP contribution in [0, 0.1) is 0 Å². The van der Waals surface area contributed by atoms with Crippen molar-refractivity contribution in [2.24, 2.45) is 0 Å². The minimum atomic E-state index is 0.0107. The lowest BCUT2D eigenvalue weighted by Crippen LogP contribution is -2.37. The molecular weight excluding hydrogens is 314 g/mol. The Morgan fingerprint density at radius 1 is 1.17 bits per heavy atom. The van der Waals surface area contributed by atoms with Crippen molar-refractivity contribution < 1.29 is 14.3 Å². The third kappa shape index (κ3) is 3.40. The molecule has 3 rings (SSSR count). The fourth-order valence-electron chi connectivity index (χ4n) is 2.64. The van der Waals surface area contributed by atoms with Gasteiger partial charge < -0.3 is 9.47 Å². The van der Waals surface area contributed by atoms with Crippen LogP contribution in [0.3, 0.4) is 0 Å². The average molecular weight is 333 g/mol. The van der Waals surface area contributed by atoms with Crippen LogP contribution in [0.1, 0.15) is 10.5 Å². The highest BCUT2D eigenvalue weighted by Gasteiger charge is 2.19. The maximum absolute atomic E-state index is 12.7. The molecule has 2 heterocycles. The monoisotopic (exact) mass is 333 g/mol. The molecule has 0 unspecified atom stereocenters. The van der Waals surface area contributed by atoms with E-state index in [1.165, 1.54) is 6.33 Å². The lowest BCUT2D eigenvalue weighted by atomic mass is 10.1. The second-order valence-corrected chi connectivity index (χ2v) is 6.48. The van der Waals surface area contributed by atoms with Gasteiger partial charge in [-0.3, -0.25) is 9.69 Å². The summed E-state index contributed by atoms with van der Waals surface area (Å²) in [7, 11) is 3.14. The van der Waals surface area contributed by atoms with E-state index >= 15 is 0 Å². The van der Waals surface area contributed by atoms with Crippen molar-refractivity contribution >= 4 is 28.4 Å². The van der Waals surface area contributed by atoms with E-state index in [0.29, 0.717) is 34.6 Å². The van der Waals surface area contributed by atoms with Crippen LogP contribution in [0.25, 0.3) is 10.9 Å². The van der Waals surface area contributed by atoms with E-state index in [0.717, 1.165) is 24.6 Å². The highest BCUT2D eigenvalue weighted by molar-refractivity contribution is 7.99. The number of Topliss-reactive ketones (excluding diaryl/α,β-unsaturated/α-hetero) is 1. The van der Waals surface area contributed by atoms with Gasteiger partial charge in [0.15, 0.2) is 17.3 Å². The van der Waals surface area contributed by atoms with Crippen molar-refractivity contribution in [3.63, 3.8) is 0 Å². The number of fused-ring (bicyclic) bond motifs is 1. The Bertz CT molecular complexity index is 717. The fraction of sp³-hybridized carbons (Fsp3) is 0.438.